The number of carbonyl (C=O) groups excluding carboxylic acids is 1. The third-order valence-electron chi connectivity index (χ3n) is 3.53. The molecule has 1 heterocycles. The third kappa shape index (κ3) is 4.58. The number of nitrogens with one attached hydrogen (secondary N) is 1. The van der Waals surface area contributed by atoms with Crippen LogP contribution in [-0.2, 0) is 11.2 Å². The Balaban J connectivity index is 1.95. The SMILES string of the molecule is CCOc1ccc(CC(CNC(=O)c2ncoc2C)C(=O)O)cc1. The summed E-state index contributed by atoms with van der Waals surface area (Å²) in [4.78, 5) is 27.2. The number of carboxylic acids is 1. The van der Waals surface area contributed by atoms with Crippen molar-refractivity contribution in [3.05, 3.63) is 47.7 Å². The fourth-order valence-electron chi connectivity index (χ4n) is 2.24. The van der Waals surface area contributed by atoms with Gasteiger partial charge in [-0.05, 0) is 38.0 Å². The molecule has 2 N–H and O–H groups in total. The minimum Gasteiger partial charge on any atom is -0.494 e. The zero-order valence-electron chi connectivity index (χ0n) is 13.6. The number of carboxylic acid groups (broad SMARTS) is 1. The van der Waals surface area contributed by atoms with Crippen molar-refractivity contribution >= 4 is 11.9 Å². The number of aliphatic carboxylic acids is 1. The maximum Gasteiger partial charge on any atom is 0.308 e. The largest absolute Gasteiger partial charge is 0.494 e. The van der Waals surface area contributed by atoms with Gasteiger partial charge in [-0.2, -0.15) is 0 Å². The molecule has 0 aliphatic rings. The minimum atomic E-state index is -0.971. The molecular weight excluding hydrogens is 312 g/mol. The molecule has 24 heavy (non-hydrogen) atoms. The van der Waals surface area contributed by atoms with E-state index >= 15 is 0 Å². The van der Waals surface area contributed by atoms with Gasteiger partial charge in [-0.15, -0.1) is 0 Å². The first-order valence-corrected chi connectivity index (χ1v) is 7.64. The fourth-order valence-corrected chi connectivity index (χ4v) is 2.24. The van der Waals surface area contributed by atoms with E-state index in [-0.39, 0.29) is 12.2 Å². The second kappa shape index (κ2) is 8.14. The number of aromatic nitrogens is 1. The Labute approximate surface area is 139 Å². The maximum atomic E-state index is 12.0. The molecule has 2 aromatic rings. The molecule has 0 saturated carbocycles. The molecule has 0 spiro atoms. The lowest BCUT2D eigenvalue weighted by Crippen LogP contribution is -2.34. The van der Waals surface area contributed by atoms with Crippen LogP contribution in [0.15, 0.2) is 35.1 Å². The summed E-state index contributed by atoms with van der Waals surface area (Å²) in [7, 11) is 0. The van der Waals surface area contributed by atoms with Crippen molar-refractivity contribution < 1.29 is 23.8 Å². The quantitative estimate of drug-likeness (QED) is 0.767. The second-order valence-corrected chi connectivity index (χ2v) is 5.28. The van der Waals surface area contributed by atoms with E-state index in [2.05, 4.69) is 10.3 Å². The Morgan fingerprint density at radius 3 is 2.58 bits per heavy atom. The van der Waals surface area contributed by atoms with E-state index in [0.29, 0.717) is 18.8 Å². The van der Waals surface area contributed by atoms with E-state index in [4.69, 9.17) is 9.15 Å². The van der Waals surface area contributed by atoms with Gasteiger partial charge in [0.05, 0.1) is 12.5 Å². The number of nitrogens with zero attached hydrogens (tertiary/aromatic N) is 1. The third-order valence-corrected chi connectivity index (χ3v) is 3.53. The van der Waals surface area contributed by atoms with Crippen LogP contribution < -0.4 is 10.1 Å². The molecule has 1 unspecified atom stereocenters. The minimum absolute atomic E-state index is 0.00762. The molecule has 7 nitrogen and oxygen atoms in total. The van der Waals surface area contributed by atoms with Crippen LogP contribution in [0.3, 0.4) is 0 Å². The molecule has 0 aliphatic carbocycles. The van der Waals surface area contributed by atoms with Crippen LogP contribution in [0.4, 0.5) is 0 Å². The number of benzene rings is 1. The van der Waals surface area contributed by atoms with Gasteiger partial charge in [-0.1, -0.05) is 12.1 Å². The predicted octanol–water partition coefficient (Wildman–Crippen LogP) is 2.06. The lowest BCUT2D eigenvalue weighted by Gasteiger charge is -2.13. The average molecular weight is 332 g/mol. The Bertz CT molecular complexity index is 693. The number of ether oxygens (including phenoxy) is 1. The van der Waals surface area contributed by atoms with E-state index in [1.807, 2.05) is 19.1 Å². The molecule has 0 radical (unpaired) electrons. The van der Waals surface area contributed by atoms with Gasteiger partial charge in [0.2, 0.25) is 0 Å². The van der Waals surface area contributed by atoms with Crippen molar-refractivity contribution in [2.45, 2.75) is 20.3 Å². The van der Waals surface area contributed by atoms with Gasteiger partial charge >= 0.3 is 5.97 Å². The van der Waals surface area contributed by atoms with Gasteiger partial charge in [-0.3, -0.25) is 9.59 Å². The van der Waals surface area contributed by atoms with Crippen LogP contribution >= 0.6 is 0 Å². The molecule has 1 aromatic carbocycles. The van der Waals surface area contributed by atoms with Crippen molar-refractivity contribution in [1.82, 2.24) is 10.3 Å². The number of aryl methyl sites for hydroxylation is 1. The molecule has 1 amide bonds. The summed E-state index contributed by atoms with van der Waals surface area (Å²) in [6.07, 6.45) is 1.48. The molecule has 0 aliphatic heterocycles. The Hall–Kier alpha value is -2.83. The summed E-state index contributed by atoms with van der Waals surface area (Å²) < 4.78 is 10.3. The number of amides is 1. The molecule has 7 heteroatoms. The summed E-state index contributed by atoms with van der Waals surface area (Å²) in [5.41, 5.74) is 1.03. The molecule has 0 fully saturated rings. The van der Waals surface area contributed by atoms with Crippen molar-refractivity contribution in [2.24, 2.45) is 5.92 Å². The Morgan fingerprint density at radius 1 is 1.33 bits per heavy atom. The van der Waals surface area contributed by atoms with Gasteiger partial charge in [0.25, 0.3) is 5.91 Å². The molecule has 128 valence electrons. The zero-order chi connectivity index (χ0) is 17.5. The van der Waals surface area contributed by atoms with Gasteiger partial charge in [-0.25, -0.2) is 4.98 Å². The van der Waals surface area contributed by atoms with Gasteiger partial charge < -0.3 is 19.6 Å². The van der Waals surface area contributed by atoms with E-state index in [1.54, 1.807) is 19.1 Å². The van der Waals surface area contributed by atoms with E-state index < -0.39 is 17.8 Å². The molecule has 0 saturated heterocycles. The van der Waals surface area contributed by atoms with Crippen LogP contribution in [0, 0.1) is 12.8 Å². The number of rotatable bonds is 8. The van der Waals surface area contributed by atoms with Gasteiger partial charge in [0.1, 0.15) is 11.5 Å². The van der Waals surface area contributed by atoms with Crippen molar-refractivity contribution in [1.29, 1.82) is 0 Å². The van der Waals surface area contributed by atoms with Gasteiger partial charge in [0, 0.05) is 6.54 Å². The highest BCUT2D eigenvalue weighted by molar-refractivity contribution is 5.93. The number of oxazole rings is 1. The topological polar surface area (TPSA) is 102 Å². The van der Waals surface area contributed by atoms with Crippen molar-refractivity contribution in [3.8, 4) is 5.75 Å². The van der Waals surface area contributed by atoms with E-state index in [0.717, 1.165) is 11.3 Å². The number of hydrogen-bond donors (Lipinski definition) is 2. The highest BCUT2D eigenvalue weighted by Gasteiger charge is 2.21. The van der Waals surface area contributed by atoms with Crippen LogP contribution in [0.1, 0.15) is 28.7 Å². The fraction of sp³-hybridized carbons (Fsp3) is 0.353. The maximum absolute atomic E-state index is 12.0. The normalized spacial score (nSPS) is 11.8. The Morgan fingerprint density at radius 2 is 2.04 bits per heavy atom. The second-order valence-electron chi connectivity index (χ2n) is 5.28. The lowest BCUT2D eigenvalue weighted by molar-refractivity contribution is -0.141. The smallest absolute Gasteiger partial charge is 0.308 e. The lowest BCUT2D eigenvalue weighted by atomic mass is 9.99. The van der Waals surface area contributed by atoms with E-state index in [1.165, 1.54) is 6.39 Å². The zero-order valence-corrected chi connectivity index (χ0v) is 13.6. The van der Waals surface area contributed by atoms with Crippen LogP contribution in [0.25, 0.3) is 0 Å². The molecule has 1 atom stereocenters. The monoisotopic (exact) mass is 332 g/mol. The highest BCUT2D eigenvalue weighted by Crippen LogP contribution is 2.15. The van der Waals surface area contributed by atoms with Crippen molar-refractivity contribution in [2.75, 3.05) is 13.2 Å². The predicted molar refractivity (Wildman–Crippen MR) is 86.0 cm³/mol. The highest BCUT2D eigenvalue weighted by atomic mass is 16.5. The van der Waals surface area contributed by atoms with Crippen LogP contribution in [0.5, 0.6) is 5.75 Å². The summed E-state index contributed by atoms with van der Waals surface area (Å²) in [5, 5.41) is 12.0. The Kier molecular flexibility index (Phi) is 5.95. The number of hydrogen-bond acceptors (Lipinski definition) is 5. The molecular formula is C17H20N2O5. The van der Waals surface area contributed by atoms with Crippen LogP contribution in [0.2, 0.25) is 0 Å². The average Bonchev–Trinajstić information content (AvgIpc) is 2.99. The molecule has 1 aromatic heterocycles. The summed E-state index contributed by atoms with van der Waals surface area (Å²) in [6.45, 7) is 4.10. The first-order chi connectivity index (χ1) is 11.5. The summed E-state index contributed by atoms with van der Waals surface area (Å²) in [6, 6.07) is 7.25. The standard InChI is InChI=1S/C17H20N2O5/c1-3-23-14-6-4-12(5-7-14)8-13(17(21)22)9-18-16(20)15-11(2)24-10-19-15/h4-7,10,13H,3,8-9H2,1-2H3,(H,18,20)(H,21,22). The number of carbonyl (C=O) groups is 2. The van der Waals surface area contributed by atoms with Crippen molar-refractivity contribution in [3.63, 3.8) is 0 Å². The first kappa shape index (κ1) is 17.5. The summed E-state index contributed by atoms with van der Waals surface area (Å²) >= 11 is 0. The molecule has 0 bridgehead atoms. The summed E-state index contributed by atoms with van der Waals surface area (Å²) in [5.74, 6) is -1.02. The van der Waals surface area contributed by atoms with Gasteiger partial charge in [0.15, 0.2) is 12.1 Å². The molecule has 2 rings (SSSR count). The van der Waals surface area contributed by atoms with Crippen LogP contribution in [-0.4, -0.2) is 35.1 Å². The first-order valence-electron chi connectivity index (χ1n) is 7.64. The van der Waals surface area contributed by atoms with E-state index in [9.17, 15) is 14.7 Å².